The first-order valence-corrected chi connectivity index (χ1v) is 10.3. The second-order valence-corrected chi connectivity index (χ2v) is 7.15. The van der Waals surface area contributed by atoms with Gasteiger partial charge < -0.3 is 5.11 Å². The quantitative estimate of drug-likeness (QED) is 0.481. The predicted octanol–water partition coefficient (Wildman–Crippen LogP) is 4.81. The normalized spacial score (nSPS) is 12.2. The summed E-state index contributed by atoms with van der Waals surface area (Å²) in [6, 6.07) is 10.1. The summed E-state index contributed by atoms with van der Waals surface area (Å²) in [4.78, 5) is 11.1. The second kappa shape index (κ2) is 12.2. The summed E-state index contributed by atoms with van der Waals surface area (Å²) >= 11 is 0. The van der Waals surface area contributed by atoms with E-state index >= 15 is 0 Å². The molecule has 0 saturated carbocycles. The first kappa shape index (κ1) is 21.1. The number of hydrogen-bond donors (Lipinski definition) is 1. The van der Waals surface area contributed by atoms with E-state index in [1.165, 1.54) is 51.4 Å². The number of rotatable bonds is 14. The van der Waals surface area contributed by atoms with Gasteiger partial charge in [0.15, 0.2) is 5.82 Å². The van der Waals surface area contributed by atoms with E-state index in [1.807, 2.05) is 18.2 Å². The van der Waals surface area contributed by atoms with Crippen molar-refractivity contribution in [3.8, 4) is 0 Å². The van der Waals surface area contributed by atoms with E-state index in [9.17, 15) is 4.79 Å². The van der Waals surface area contributed by atoms with E-state index in [4.69, 9.17) is 5.11 Å². The number of unbranched alkanes of at least 4 members (excludes halogenated alkanes) is 8. The lowest BCUT2D eigenvalue weighted by Crippen LogP contribution is -2.18. The van der Waals surface area contributed by atoms with Crippen LogP contribution in [0.25, 0.3) is 0 Å². The molecule has 0 fully saturated rings. The number of carbonyl (C=O) groups is 1. The maximum Gasteiger partial charge on any atom is 0.311 e. The lowest BCUT2D eigenvalue weighted by atomic mass is 9.99. The molecule has 1 N–H and O–H groups in total. The van der Waals surface area contributed by atoms with Gasteiger partial charge in [-0.2, -0.15) is 0 Å². The molecule has 27 heavy (non-hydrogen) atoms. The van der Waals surface area contributed by atoms with Crippen LogP contribution in [-0.4, -0.2) is 31.3 Å². The van der Waals surface area contributed by atoms with Crippen LogP contribution in [0.1, 0.15) is 88.6 Å². The Bertz CT molecular complexity index is 657. The van der Waals surface area contributed by atoms with Crippen molar-refractivity contribution in [1.82, 2.24) is 20.2 Å². The summed E-state index contributed by atoms with van der Waals surface area (Å²) in [6.45, 7) is 2.25. The molecule has 0 saturated heterocycles. The van der Waals surface area contributed by atoms with Gasteiger partial charge in [-0.3, -0.25) is 4.79 Å². The van der Waals surface area contributed by atoms with Gasteiger partial charge in [0.25, 0.3) is 0 Å². The van der Waals surface area contributed by atoms with Crippen molar-refractivity contribution in [1.29, 1.82) is 0 Å². The lowest BCUT2D eigenvalue weighted by Gasteiger charge is -2.18. The van der Waals surface area contributed by atoms with Crippen LogP contribution >= 0.6 is 0 Å². The standard InChI is InChI=1S/C21H32N4O2/c1-2-3-4-5-6-7-8-9-13-16-19(18-14-11-10-12-15-18)25-20(17-21(26)27)22-23-24-25/h10-12,14-15,19H,2-9,13,16-17H2,1H3,(H,26,27). The SMILES string of the molecule is CCCCCCCCCCCC(c1ccccc1)n1nnnc1CC(=O)O. The number of carboxylic acid groups (broad SMARTS) is 1. The van der Waals surface area contributed by atoms with Crippen LogP contribution in [0.4, 0.5) is 0 Å². The molecule has 148 valence electrons. The number of benzene rings is 1. The average molecular weight is 373 g/mol. The molecule has 0 aliphatic heterocycles. The van der Waals surface area contributed by atoms with Crippen LogP contribution in [0, 0.1) is 0 Å². The largest absolute Gasteiger partial charge is 0.481 e. The highest BCUT2D eigenvalue weighted by Crippen LogP contribution is 2.25. The molecular weight excluding hydrogens is 340 g/mol. The molecule has 6 nitrogen and oxygen atoms in total. The smallest absolute Gasteiger partial charge is 0.311 e. The number of nitrogens with zero attached hydrogens (tertiary/aromatic N) is 4. The molecule has 1 aromatic heterocycles. The minimum Gasteiger partial charge on any atom is -0.481 e. The highest BCUT2D eigenvalue weighted by atomic mass is 16.4. The van der Waals surface area contributed by atoms with Gasteiger partial charge in [-0.05, 0) is 22.4 Å². The van der Waals surface area contributed by atoms with Gasteiger partial charge in [0, 0.05) is 0 Å². The fraction of sp³-hybridized carbons (Fsp3) is 0.619. The summed E-state index contributed by atoms with van der Waals surface area (Å²) in [5.74, 6) is -0.506. The first-order chi connectivity index (χ1) is 13.2. The number of aromatic nitrogens is 4. The van der Waals surface area contributed by atoms with Gasteiger partial charge in [-0.25, -0.2) is 4.68 Å². The summed E-state index contributed by atoms with van der Waals surface area (Å²) in [5.41, 5.74) is 1.12. The molecule has 0 radical (unpaired) electrons. The van der Waals surface area contributed by atoms with Gasteiger partial charge in [0.2, 0.25) is 0 Å². The fourth-order valence-electron chi connectivity index (χ4n) is 3.46. The molecule has 0 spiro atoms. The zero-order chi connectivity index (χ0) is 19.3. The summed E-state index contributed by atoms with van der Waals surface area (Å²) in [6.07, 6.45) is 12.3. The van der Waals surface area contributed by atoms with Crippen LogP contribution in [0.2, 0.25) is 0 Å². The summed E-state index contributed by atoms with van der Waals surface area (Å²) < 4.78 is 1.69. The van der Waals surface area contributed by atoms with E-state index in [0.717, 1.165) is 18.4 Å². The Morgan fingerprint density at radius 1 is 1.00 bits per heavy atom. The summed E-state index contributed by atoms with van der Waals surface area (Å²) in [5, 5.41) is 20.8. The van der Waals surface area contributed by atoms with E-state index < -0.39 is 5.97 Å². The molecule has 0 bridgehead atoms. The van der Waals surface area contributed by atoms with Crippen molar-refractivity contribution >= 4 is 5.97 Å². The Kier molecular flexibility index (Phi) is 9.52. The van der Waals surface area contributed by atoms with Gasteiger partial charge in [-0.15, -0.1) is 5.10 Å². The van der Waals surface area contributed by atoms with Crippen molar-refractivity contribution in [2.45, 2.75) is 83.6 Å². The minimum absolute atomic E-state index is 0.0138. The third kappa shape index (κ3) is 7.49. The Balaban J connectivity index is 1.88. The Hall–Kier alpha value is -2.24. The van der Waals surface area contributed by atoms with Crippen LogP contribution < -0.4 is 0 Å². The van der Waals surface area contributed by atoms with Gasteiger partial charge in [0.1, 0.15) is 6.42 Å². The number of carboxylic acids is 1. The van der Waals surface area contributed by atoms with Crippen LogP contribution in [0.5, 0.6) is 0 Å². The molecule has 2 rings (SSSR count). The molecule has 1 atom stereocenters. The van der Waals surface area contributed by atoms with Crippen molar-refractivity contribution in [2.24, 2.45) is 0 Å². The lowest BCUT2D eigenvalue weighted by molar-refractivity contribution is -0.136. The zero-order valence-corrected chi connectivity index (χ0v) is 16.4. The molecule has 0 amide bonds. The van der Waals surface area contributed by atoms with E-state index in [1.54, 1.807) is 4.68 Å². The third-order valence-electron chi connectivity index (χ3n) is 4.93. The second-order valence-electron chi connectivity index (χ2n) is 7.15. The molecule has 2 aromatic rings. The minimum atomic E-state index is -0.916. The molecule has 0 aliphatic rings. The van der Waals surface area contributed by atoms with Crippen LogP contribution in [0.15, 0.2) is 30.3 Å². The van der Waals surface area contributed by atoms with Gasteiger partial charge in [-0.1, -0.05) is 95.0 Å². The highest BCUT2D eigenvalue weighted by molar-refractivity contribution is 5.68. The maximum absolute atomic E-state index is 11.1. The van der Waals surface area contributed by atoms with E-state index in [0.29, 0.717) is 5.82 Å². The molecule has 0 aliphatic carbocycles. The third-order valence-corrected chi connectivity index (χ3v) is 4.93. The van der Waals surface area contributed by atoms with E-state index in [-0.39, 0.29) is 12.5 Å². The van der Waals surface area contributed by atoms with Crippen molar-refractivity contribution in [2.75, 3.05) is 0 Å². The van der Waals surface area contributed by atoms with Crippen molar-refractivity contribution in [3.63, 3.8) is 0 Å². The average Bonchev–Trinajstić information content (AvgIpc) is 3.11. The van der Waals surface area contributed by atoms with Crippen LogP contribution in [0.3, 0.4) is 0 Å². The Morgan fingerprint density at radius 2 is 1.63 bits per heavy atom. The van der Waals surface area contributed by atoms with Gasteiger partial charge in [0.05, 0.1) is 6.04 Å². The Labute approximate surface area is 162 Å². The number of tetrazole rings is 1. The summed E-state index contributed by atoms with van der Waals surface area (Å²) in [7, 11) is 0. The molecule has 1 unspecified atom stereocenters. The number of hydrogen-bond acceptors (Lipinski definition) is 4. The van der Waals surface area contributed by atoms with Crippen molar-refractivity contribution in [3.05, 3.63) is 41.7 Å². The number of aliphatic carboxylic acids is 1. The predicted molar refractivity (Wildman–Crippen MR) is 106 cm³/mol. The maximum atomic E-state index is 11.1. The Morgan fingerprint density at radius 3 is 2.26 bits per heavy atom. The molecule has 1 aromatic carbocycles. The highest BCUT2D eigenvalue weighted by Gasteiger charge is 2.20. The van der Waals surface area contributed by atoms with Gasteiger partial charge >= 0.3 is 5.97 Å². The fourth-order valence-corrected chi connectivity index (χ4v) is 3.46. The first-order valence-electron chi connectivity index (χ1n) is 10.3. The molecule has 6 heteroatoms. The van der Waals surface area contributed by atoms with Crippen molar-refractivity contribution < 1.29 is 9.90 Å². The topological polar surface area (TPSA) is 80.9 Å². The zero-order valence-electron chi connectivity index (χ0n) is 16.4. The van der Waals surface area contributed by atoms with E-state index in [2.05, 4.69) is 34.6 Å². The molecular formula is C21H32N4O2. The molecule has 1 heterocycles. The monoisotopic (exact) mass is 372 g/mol. The van der Waals surface area contributed by atoms with Crippen LogP contribution in [-0.2, 0) is 11.2 Å².